The van der Waals surface area contributed by atoms with Crippen molar-refractivity contribution >= 4 is 22.8 Å². The predicted molar refractivity (Wildman–Crippen MR) is 109 cm³/mol. The van der Waals surface area contributed by atoms with Gasteiger partial charge in [0.1, 0.15) is 5.75 Å². The zero-order valence-corrected chi connectivity index (χ0v) is 16.3. The van der Waals surface area contributed by atoms with Crippen molar-refractivity contribution in [1.29, 1.82) is 0 Å². The summed E-state index contributed by atoms with van der Waals surface area (Å²) in [7, 11) is 3.27. The summed E-state index contributed by atoms with van der Waals surface area (Å²) in [5, 5.41) is 0. The number of benzene rings is 1. The Morgan fingerprint density at radius 1 is 1.25 bits per heavy atom. The van der Waals surface area contributed by atoms with E-state index in [9.17, 15) is 9.59 Å². The number of ether oxygens (including phenoxy) is 1. The molecule has 0 radical (unpaired) electrons. The molecule has 4 rings (SSSR count). The molecule has 1 aliphatic rings. The van der Waals surface area contributed by atoms with Gasteiger partial charge in [-0.05, 0) is 30.2 Å². The Kier molecular flexibility index (Phi) is 4.33. The summed E-state index contributed by atoms with van der Waals surface area (Å²) in [5.41, 5.74) is 1.08. The molecule has 0 spiro atoms. The van der Waals surface area contributed by atoms with Crippen molar-refractivity contribution in [2.75, 3.05) is 18.6 Å². The van der Waals surface area contributed by atoms with Crippen LogP contribution in [0.3, 0.4) is 0 Å². The number of methoxy groups -OCH3 is 1. The van der Waals surface area contributed by atoms with Gasteiger partial charge in [-0.1, -0.05) is 13.0 Å². The van der Waals surface area contributed by atoms with E-state index in [0.717, 1.165) is 18.0 Å². The van der Waals surface area contributed by atoms with Crippen LogP contribution in [0.15, 0.2) is 46.5 Å². The predicted octanol–water partition coefficient (Wildman–Crippen LogP) is 1.88. The molecule has 0 bridgehead atoms. The summed E-state index contributed by atoms with van der Waals surface area (Å²) < 4.78 is 9.80. The minimum Gasteiger partial charge on any atom is -0.497 e. The van der Waals surface area contributed by atoms with Crippen LogP contribution in [0.4, 0.5) is 11.6 Å². The number of anilines is 2. The average molecular weight is 381 g/mol. The first-order chi connectivity index (χ1) is 13.5. The molecule has 146 valence electrons. The van der Waals surface area contributed by atoms with Crippen molar-refractivity contribution in [3.8, 4) is 5.75 Å². The molecule has 0 aliphatic carbocycles. The third-order valence-corrected chi connectivity index (χ3v) is 5.14. The maximum absolute atomic E-state index is 13.1. The maximum Gasteiger partial charge on any atom is 0.332 e. The molecular weight excluding hydrogens is 358 g/mol. The van der Waals surface area contributed by atoms with Gasteiger partial charge in [0, 0.05) is 32.4 Å². The molecular formula is C20H23N5O3. The Morgan fingerprint density at radius 2 is 1.96 bits per heavy atom. The first kappa shape index (κ1) is 18.1. The Bertz CT molecular complexity index is 1170. The largest absolute Gasteiger partial charge is 0.497 e. The van der Waals surface area contributed by atoms with Crippen LogP contribution in [0.5, 0.6) is 5.75 Å². The highest BCUT2D eigenvalue weighted by molar-refractivity contribution is 5.77. The summed E-state index contributed by atoms with van der Waals surface area (Å²) >= 11 is 0. The molecule has 8 heteroatoms. The molecule has 1 atom stereocenters. The van der Waals surface area contributed by atoms with E-state index in [1.54, 1.807) is 20.2 Å². The van der Waals surface area contributed by atoms with Gasteiger partial charge < -0.3 is 14.2 Å². The highest BCUT2D eigenvalue weighted by Crippen LogP contribution is 2.33. The third-order valence-electron chi connectivity index (χ3n) is 5.14. The van der Waals surface area contributed by atoms with Crippen molar-refractivity contribution in [3.05, 3.63) is 57.8 Å². The monoisotopic (exact) mass is 381 g/mol. The molecule has 1 aliphatic heterocycles. The lowest BCUT2D eigenvalue weighted by Gasteiger charge is -2.33. The lowest BCUT2D eigenvalue weighted by Crippen LogP contribution is -2.40. The summed E-state index contributed by atoms with van der Waals surface area (Å²) in [4.78, 5) is 32.4. The lowest BCUT2D eigenvalue weighted by atomic mass is 10.1. The normalized spacial score (nSPS) is 16.2. The van der Waals surface area contributed by atoms with Crippen LogP contribution in [0.1, 0.15) is 6.92 Å². The van der Waals surface area contributed by atoms with E-state index in [0.29, 0.717) is 29.6 Å². The van der Waals surface area contributed by atoms with Gasteiger partial charge in [-0.3, -0.25) is 13.9 Å². The molecule has 0 fully saturated rings. The van der Waals surface area contributed by atoms with Gasteiger partial charge in [0.2, 0.25) is 5.95 Å². The quantitative estimate of drug-likeness (QED) is 0.645. The zero-order valence-electron chi connectivity index (χ0n) is 16.3. The van der Waals surface area contributed by atoms with E-state index in [-0.39, 0.29) is 12.1 Å². The van der Waals surface area contributed by atoms with Crippen LogP contribution in [0, 0.1) is 5.92 Å². The Morgan fingerprint density at radius 3 is 2.61 bits per heavy atom. The second-order valence-corrected chi connectivity index (χ2v) is 7.15. The highest BCUT2D eigenvalue weighted by Gasteiger charge is 2.29. The number of hydrogen-bond donors (Lipinski definition) is 0. The summed E-state index contributed by atoms with van der Waals surface area (Å²) in [6.07, 6.45) is 1.55. The van der Waals surface area contributed by atoms with Crippen LogP contribution < -0.4 is 20.9 Å². The van der Waals surface area contributed by atoms with E-state index < -0.39 is 5.69 Å². The van der Waals surface area contributed by atoms with Gasteiger partial charge in [0.25, 0.3) is 5.56 Å². The van der Waals surface area contributed by atoms with Crippen LogP contribution in [0.2, 0.25) is 0 Å². The first-order valence-corrected chi connectivity index (χ1v) is 9.18. The van der Waals surface area contributed by atoms with E-state index >= 15 is 0 Å². The van der Waals surface area contributed by atoms with Crippen LogP contribution in [0.25, 0.3) is 11.2 Å². The van der Waals surface area contributed by atoms with Gasteiger partial charge in [-0.15, -0.1) is 6.58 Å². The number of aryl methyl sites for hydroxylation is 1. The SMILES string of the molecule is C=CCn1c(=O)c2c(nc3n2CC(C)CN3c2ccc(OC)cc2)n(C)c1=O. The van der Waals surface area contributed by atoms with E-state index in [1.807, 2.05) is 28.8 Å². The topological polar surface area (TPSA) is 74.3 Å². The minimum absolute atomic E-state index is 0.166. The van der Waals surface area contributed by atoms with Crippen LogP contribution in [-0.4, -0.2) is 32.3 Å². The van der Waals surface area contributed by atoms with Gasteiger partial charge in [-0.25, -0.2) is 4.79 Å². The smallest absolute Gasteiger partial charge is 0.332 e. The highest BCUT2D eigenvalue weighted by atomic mass is 16.5. The number of rotatable bonds is 4. The number of imidazole rings is 1. The molecule has 0 saturated heterocycles. The lowest BCUT2D eigenvalue weighted by molar-refractivity contribution is 0.414. The molecule has 28 heavy (non-hydrogen) atoms. The number of nitrogens with zero attached hydrogens (tertiary/aromatic N) is 5. The molecule has 2 aromatic heterocycles. The fourth-order valence-corrected chi connectivity index (χ4v) is 3.77. The van der Waals surface area contributed by atoms with Gasteiger partial charge in [0.05, 0.1) is 7.11 Å². The van der Waals surface area contributed by atoms with Crippen molar-refractivity contribution in [2.24, 2.45) is 13.0 Å². The van der Waals surface area contributed by atoms with Crippen molar-refractivity contribution in [2.45, 2.75) is 20.0 Å². The standard InChI is InChI=1S/C20H23N5O3/c1-5-10-23-18(26)16-17(22(3)20(23)27)21-19-24(11-13(2)12-25(16)19)14-6-8-15(28-4)9-7-14/h5-9,13H,1,10-12H2,2-4H3. The third kappa shape index (κ3) is 2.64. The van der Waals surface area contributed by atoms with Gasteiger partial charge in [0.15, 0.2) is 11.2 Å². The first-order valence-electron chi connectivity index (χ1n) is 9.18. The summed E-state index contributed by atoms with van der Waals surface area (Å²) in [6.45, 7) is 7.39. The minimum atomic E-state index is -0.392. The fraction of sp³-hybridized carbons (Fsp3) is 0.350. The molecule has 1 aromatic carbocycles. The number of allylic oxidation sites excluding steroid dienone is 1. The fourth-order valence-electron chi connectivity index (χ4n) is 3.77. The van der Waals surface area contributed by atoms with Crippen LogP contribution in [-0.2, 0) is 20.1 Å². The Balaban J connectivity index is 1.97. The maximum atomic E-state index is 13.1. The molecule has 3 heterocycles. The second kappa shape index (κ2) is 6.70. The summed E-state index contributed by atoms with van der Waals surface area (Å²) in [6, 6.07) is 7.73. The molecule has 0 saturated carbocycles. The van der Waals surface area contributed by atoms with E-state index in [2.05, 4.69) is 18.4 Å². The van der Waals surface area contributed by atoms with E-state index in [4.69, 9.17) is 9.72 Å². The molecule has 8 nitrogen and oxygen atoms in total. The number of hydrogen-bond acceptors (Lipinski definition) is 5. The van der Waals surface area contributed by atoms with Crippen molar-refractivity contribution in [3.63, 3.8) is 0 Å². The molecule has 3 aromatic rings. The molecule has 1 unspecified atom stereocenters. The second-order valence-electron chi connectivity index (χ2n) is 7.15. The van der Waals surface area contributed by atoms with Gasteiger partial charge >= 0.3 is 5.69 Å². The molecule has 0 amide bonds. The number of aromatic nitrogens is 4. The Hall–Kier alpha value is -3.29. The number of fused-ring (bicyclic) bond motifs is 3. The summed E-state index contributed by atoms with van der Waals surface area (Å²) in [5.74, 6) is 1.75. The molecule has 0 N–H and O–H groups in total. The van der Waals surface area contributed by atoms with Crippen molar-refractivity contribution in [1.82, 2.24) is 18.7 Å². The zero-order chi connectivity index (χ0) is 20.0. The Labute approximate surface area is 161 Å². The van der Waals surface area contributed by atoms with E-state index in [1.165, 1.54) is 9.13 Å². The van der Waals surface area contributed by atoms with Crippen LogP contribution >= 0.6 is 0 Å². The van der Waals surface area contributed by atoms with Crippen molar-refractivity contribution < 1.29 is 4.74 Å². The average Bonchev–Trinajstić information content (AvgIpc) is 3.08. The van der Waals surface area contributed by atoms with Gasteiger partial charge in [-0.2, -0.15) is 4.98 Å².